The van der Waals surface area contributed by atoms with E-state index in [9.17, 15) is 9.59 Å². The summed E-state index contributed by atoms with van der Waals surface area (Å²) in [6.45, 7) is 2.04. The average Bonchev–Trinajstić information content (AvgIpc) is 2.90. The lowest BCUT2D eigenvalue weighted by Crippen LogP contribution is -2.38. The smallest absolute Gasteiger partial charge is 0.315 e. The third-order valence-electron chi connectivity index (χ3n) is 7.28. The number of ketones is 1. The molecule has 0 fully saturated rings. The highest BCUT2D eigenvalue weighted by molar-refractivity contribution is 6.42. The summed E-state index contributed by atoms with van der Waals surface area (Å²) in [6, 6.07) is 22.7. The van der Waals surface area contributed by atoms with E-state index in [2.05, 4.69) is 0 Å². The molecule has 3 aromatic carbocycles. The third kappa shape index (κ3) is 5.44. The average molecular weight is 567 g/mol. The molecule has 0 amide bonds. The summed E-state index contributed by atoms with van der Waals surface area (Å²) in [7, 11) is 0. The number of ether oxygens (including phenoxy) is 1. The first-order chi connectivity index (χ1) is 18.3. The second-order valence-electron chi connectivity index (χ2n) is 9.69. The molecule has 0 spiro atoms. The number of hydrogen-bond acceptors (Lipinski definition) is 4. The van der Waals surface area contributed by atoms with Gasteiger partial charge in [-0.15, -0.1) is 0 Å². The highest BCUT2D eigenvalue weighted by atomic mass is 35.5. The summed E-state index contributed by atoms with van der Waals surface area (Å²) >= 11 is 19.1. The van der Waals surface area contributed by atoms with Gasteiger partial charge in [0.2, 0.25) is 0 Å². The zero-order valence-electron chi connectivity index (χ0n) is 20.8. The van der Waals surface area contributed by atoms with Crippen LogP contribution in [0.2, 0.25) is 15.1 Å². The highest BCUT2D eigenvalue weighted by Crippen LogP contribution is 2.49. The van der Waals surface area contributed by atoms with Crippen LogP contribution in [0.25, 0.3) is 0 Å². The Kier molecular flexibility index (Phi) is 8.04. The van der Waals surface area contributed by atoms with E-state index in [1.54, 1.807) is 12.1 Å². The van der Waals surface area contributed by atoms with Crippen molar-refractivity contribution in [1.29, 1.82) is 0 Å². The zero-order chi connectivity index (χ0) is 26.8. The summed E-state index contributed by atoms with van der Waals surface area (Å²) in [6.07, 6.45) is 1.47. The van der Waals surface area contributed by atoms with E-state index in [-0.39, 0.29) is 18.3 Å². The maximum Gasteiger partial charge on any atom is 0.315 e. The zero-order valence-corrected chi connectivity index (χ0v) is 23.1. The molecule has 1 aliphatic heterocycles. The van der Waals surface area contributed by atoms with Crippen LogP contribution in [0.1, 0.15) is 48.3 Å². The van der Waals surface area contributed by atoms with Crippen molar-refractivity contribution >= 4 is 52.3 Å². The number of carbonyl (C=O) groups excluding carboxylic acids is 2. The summed E-state index contributed by atoms with van der Waals surface area (Å²) in [5.41, 5.74) is 4.54. The number of aliphatic imine (C=N–C) groups is 1. The van der Waals surface area contributed by atoms with E-state index in [1.165, 1.54) is 0 Å². The van der Waals surface area contributed by atoms with E-state index in [1.807, 2.05) is 67.6 Å². The van der Waals surface area contributed by atoms with Gasteiger partial charge < -0.3 is 4.74 Å². The molecular formula is C31H26Cl3NO3. The molecule has 0 saturated carbocycles. The number of carbonyl (C=O) groups is 2. The Balaban J connectivity index is 1.49. The van der Waals surface area contributed by atoms with Gasteiger partial charge in [-0.2, -0.15) is 0 Å². The Morgan fingerprint density at radius 3 is 2.42 bits per heavy atom. The molecule has 0 radical (unpaired) electrons. The summed E-state index contributed by atoms with van der Waals surface area (Å²) in [5.74, 6) is -1.92. The molecule has 1 aliphatic carbocycles. The molecule has 194 valence electrons. The van der Waals surface area contributed by atoms with Gasteiger partial charge in [0, 0.05) is 40.8 Å². The molecule has 38 heavy (non-hydrogen) atoms. The maximum absolute atomic E-state index is 13.8. The van der Waals surface area contributed by atoms with Crippen molar-refractivity contribution < 1.29 is 14.3 Å². The highest BCUT2D eigenvalue weighted by Gasteiger charge is 2.45. The predicted molar refractivity (Wildman–Crippen MR) is 152 cm³/mol. The number of rotatable bonds is 6. The van der Waals surface area contributed by atoms with Crippen LogP contribution in [-0.2, 0) is 20.7 Å². The molecule has 0 N–H and O–H groups in total. The molecule has 2 aliphatic rings. The number of halogens is 3. The van der Waals surface area contributed by atoms with Gasteiger partial charge in [0.15, 0.2) is 5.78 Å². The normalized spacial score (nSPS) is 21.1. The molecule has 3 atom stereocenters. The fourth-order valence-corrected chi connectivity index (χ4v) is 5.99. The first kappa shape index (κ1) is 26.7. The van der Waals surface area contributed by atoms with E-state index >= 15 is 0 Å². The molecule has 7 heteroatoms. The number of esters is 1. The number of hydrogen-bond donors (Lipinski definition) is 0. The minimum Gasteiger partial charge on any atom is -0.465 e. The Hall–Kier alpha value is -2.92. The molecule has 1 unspecified atom stereocenters. The van der Waals surface area contributed by atoms with Crippen LogP contribution < -0.4 is 0 Å². The number of allylic oxidation sites excluding steroid dienone is 2. The summed E-state index contributed by atoms with van der Waals surface area (Å²) in [5, 5.41) is 1.34. The van der Waals surface area contributed by atoms with Crippen LogP contribution in [0.15, 0.2) is 89.1 Å². The Labute approximate surface area is 237 Å². The number of benzene rings is 3. The topological polar surface area (TPSA) is 55.7 Å². The molecule has 0 saturated heterocycles. The predicted octanol–water partition coefficient (Wildman–Crippen LogP) is 8.01. The van der Waals surface area contributed by atoms with E-state index in [4.69, 9.17) is 44.5 Å². The van der Waals surface area contributed by atoms with Crippen molar-refractivity contribution in [3.63, 3.8) is 0 Å². The van der Waals surface area contributed by atoms with Gasteiger partial charge in [0.25, 0.3) is 0 Å². The van der Waals surface area contributed by atoms with Crippen molar-refractivity contribution in [3.8, 4) is 0 Å². The molecule has 3 aromatic rings. The van der Waals surface area contributed by atoms with Crippen molar-refractivity contribution in [1.82, 2.24) is 0 Å². The van der Waals surface area contributed by atoms with Crippen LogP contribution >= 0.6 is 34.8 Å². The monoisotopic (exact) mass is 565 g/mol. The number of Topliss-reactive ketones (excluding diaryl/α,β-unsaturated/α-hetero) is 1. The van der Waals surface area contributed by atoms with Gasteiger partial charge in [-0.1, -0.05) is 89.4 Å². The van der Waals surface area contributed by atoms with Crippen LogP contribution in [0.4, 0.5) is 0 Å². The van der Waals surface area contributed by atoms with Crippen LogP contribution in [0, 0.1) is 5.92 Å². The largest absolute Gasteiger partial charge is 0.465 e. The Morgan fingerprint density at radius 1 is 0.947 bits per heavy atom. The SMILES string of the molecule is CC1=NC2=C(C(=O)C[C@H](c3ccc(Cl)cc3)C2)[C@H](c2cccc(Cl)c2Cl)C1C(=O)OCCc1ccccc1. The van der Waals surface area contributed by atoms with Gasteiger partial charge in [-0.3, -0.25) is 14.6 Å². The molecule has 1 heterocycles. The van der Waals surface area contributed by atoms with Gasteiger partial charge in [-0.05, 0) is 54.2 Å². The lowest BCUT2D eigenvalue weighted by molar-refractivity contribution is -0.146. The minimum absolute atomic E-state index is 0.0278. The van der Waals surface area contributed by atoms with E-state index in [0.717, 1.165) is 11.1 Å². The third-order valence-corrected chi connectivity index (χ3v) is 8.36. The van der Waals surface area contributed by atoms with Gasteiger partial charge in [0.05, 0.1) is 16.7 Å². The van der Waals surface area contributed by atoms with Gasteiger partial charge in [0.1, 0.15) is 5.92 Å². The first-order valence-corrected chi connectivity index (χ1v) is 13.7. The minimum atomic E-state index is -0.781. The van der Waals surface area contributed by atoms with E-state index in [0.29, 0.717) is 56.9 Å². The molecule has 0 aromatic heterocycles. The van der Waals surface area contributed by atoms with Gasteiger partial charge in [-0.25, -0.2) is 0 Å². The quantitative estimate of drug-likeness (QED) is 0.284. The fourth-order valence-electron chi connectivity index (χ4n) is 5.44. The Bertz CT molecular complexity index is 1430. The fraction of sp³-hybridized carbons (Fsp3) is 0.258. The summed E-state index contributed by atoms with van der Waals surface area (Å²) in [4.78, 5) is 32.1. The summed E-state index contributed by atoms with van der Waals surface area (Å²) < 4.78 is 5.75. The molecular weight excluding hydrogens is 541 g/mol. The standard InChI is InChI=1S/C31H26Cl3NO3/c1-18-27(31(37)38-15-14-19-6-3-2-4-7-19)28(23-8-5-9-24(33)30(23)34)29-25(35-18)16-21(17-26(29)36)20-10-12-22(32)13-11-20/h2-13,21,27-28H,14-17H2,1H3/t21-,27?,28-/m1/s1. The van der Waals surface area contributed by atoms with Crippen molar-refractivity contribution in [2.75, 3.05) is 6.61 Å². The van der Waals surface area contributed by atoms with E-state index < -0.39 is 17.8 Å². The molecule has 5 rings (SSSR count). The van der Waals surface area contributed by atoms with Crippen LogP contribution in [0.5, 0.6) is 0 Å². The molecule has 4 nitrogen and oxygen atoms in total. The number of nitrogens with zero attached hydrogens (tertiary/aromatic N) is 1. The lowest BCUT2D eigenvalue weighted by atomic mass is 9.69. The van der Waals surface area contributed by atoms with Gasteiger partial charge >= 0.3 is 5.97 Å². The van der Waals surface area contributed by atoms with Crippen LogP contribution in [-0.4, -0.2) is 24.1 Å². The van der Waals surface area contributed by atoms with Crippen LogP contribution in [0.3, 0.4) is 0 Å². The second-order valence-corrected chi connectivity index (χ2v) is 10.9. The molecule has 0 bridgehead atoms. The van der Waals surface area contributed by atoms with Crippen molar-refractivity contribution in [3.05, 3.63) is 116 Å². The van der Waals surface area contributed by atoms with Crippen molar-refractivity contribution in [2.24, 2.45) is 10.9 Å². The first-order valence-electron chi connectivity index (χ1n) is 12.5. The maximum atomic E-state index is 13.8. The second kappa shape index (κ2) is 11.4. The van der Waals surface area contributed by atoms with Crippen molar-refractivity contribution in [2.45, 2.75) is 38.0 Å². The lowest BCUT2D eigenvalue weighted by Gasteiger charge is -2.37. The Morgan fingerprint density at radius 2 is 1.68 bits per heavy atom.